The summed E-state index contributed by atoms with van der Waals surface area (Å²) in [6, 6.07) is 0.0587. The topological polar surface area (TPSA) is 80.1 Å². The lowest BCUT2D eigenvalue weighted by Crippen LogP contribution is -2.57. The summed E-state index contributed by atoms with van der Waals surface area (Å²) in [5.74, 6) is 0. The van der Waals surface area contributed by atoms with E-state index < -0.39 is 10.0 Å². The van der Waals surface area contributed by atoms with Crippen molar-refractivity contribution in [3.63, 3.8) is 0 Å². The Morgan fingerprint density at radius 1 is 1.47 bits per heavy atom. The molecule has 7 nitrogen and oxygen atoms in total. The molecule has 1 fully saturated rings. The van der Waals surface area contributed by atoms with E-state index in [1.807, 2.05) is 13.8 Å². The minimum absolute atomic E-state index is 0.0800. The molecule has 1 aromatic heterocycles. The molecule has 1 aromatic rings. The van der Waals surface area contributed by atoms with Crippen LogP contribution in [0.5, 0.6) is 0 Å². The van der Waals surface area contributed by atoms with Crippen LogP contribution in [0.25, 0.3) is 0 Å². The first-order valence-electron chi connectivity index (χ1n) is 5.54. The number of sulfonamides is 1. The first kappa shape index (κ1) is 12.5. The largest absolute Gasteiger partial charge is 0.311 e. The number of aromatic nitrogens is 3. The van der Waals surface area contributed by atoms with E-state index in [1.54, 1.807) is 7.05 Å². The average molecular weight is 259 g/mol. The van der Waals surface area contributed by atoms with Crippen molar-refractivity contribution < 1.29 is 8.42 Å². The van der Waals surface area contributed by atoms with Gasteiger partial charge in [0.1, 0.15) is 0 Å². The molecule has 96 valence electrons. The molecule has 1 N–H and O–H groups in total. The highest BCUT2D eigenvalue weighted by Crippen LogP contribution is 2.19. The fraction of sp³-hybridized carbons (Fsp3) is 0.778. The predicted molar refractivity (Wildman–Crippen MR) is 61.8 cm³/mol. The Kier molecular flexibility index (Phi) is 3.19. The van der Waals surface area contributed by atoms with E-state index in [0.717, 1.165) is 0 Å². The Hall–Kier alpha value is -0.990. The number of hydrogen-bond acceptors (Lipinski definition) is 5. The molecule has 17 heavy (non-hydrogen) atoms. The summed E-state index contributed by atoms with van der Waals surface area (Å²) in [6.45, 7) is 5.01. The van der Waals surface area contributed by atoms with Crippen LogP contribution in [0.4, 0.5) is 0 Å². The van der Waals surface area contributed by atoms with E-state index in [2.05, 4.69) is 15.6 Å². The summed E-state index contributed by atoms with van der Waals surface area (Å²) in [7, 11) is -1.92. The van der Waals surface area contributed by atoms with Crippen LogP contribution in [0.3, 0.4) is 0 Å². The monoisotopic (exact) mass is 259 g/mol. The fourth-order valence-corrected chi connectivity index (χ4v) is 3.74. The van der Waals surface area contributed by atoms with Crippen LogP contribution in [0.2, 0.25) is 0 Å². The highest BCUT2D eigenvalue weighted by Gasteiger charge is 2.36. The second kappa shape index (κ2) is 4.35. The van der Waals surface area contributed by atoms with Crippen LogP contribution >= 0.6 is 0 Å². The summed E-state index contributed by atoms with van der Waals surface area (Å²) in [5, 5.41) is 10.7. The Morgan fingerprint density at radius 3 is 2.76 bits per heavy atom. The van der Waals surface area contributed by atoms with Crippen molar-refractivity contribution >= 4 is 10.0 Å². The third-order valence-corrected chi connectivity index (χ3v) is 5.25. The van der Waals surface area contributed by atoms with Gasteiger partial charge in [0.05, 0.1) is 6.20 Å². The quantitative estimate of drug-likeness (QED) is 0.751. The molecule has 0 saturated carbocycles. The number of rotatable bonds is 2. The van der Waals surface area contributed by atoms with Crippen molar-refractivity contribution in [2.24, 2.45) is 7.05 Å². The summed E-state index contributed by atoms with van der Waals surface area (Å²) < 4.78 is 27.6. The van der Waals surface area contributed by atoms with Crippen LogP contribution in [0.15, 0.2) is 11.2 Å². The second-order valence-electron chi connectivity index (χ2n) is 4.30. The standard InChI is InChI=1S/C9H17N5O2S/c1-7-8(2)14(5-4-10-7)17(15,16)9-6-11-12-13(9)3/h6-8,10H,4-5H2,1-3H3/t7-,8+/m1/s1. The van der Waals surface area contributed by atoms with Gasteiger partial charge < -0.3 is 5.32 Å². The van der Waals surface area contributed by atoms with Crippen LogP contribution in [-0.4, -0.2) is 52.9 Å². The molecule has 8 heteroatoms. The highest BCUT2D eigenvalue weighted by atomic mass is 32.2. The van der Waals surface area contributed by atoms with Gasteiger partial charge in [-0.2, -0.15) is 4.31 Å². The minimum Gasteiger partial charge on any atom is -0.311 e. The zero-order chi connectivity index (χ0) is 12.6. The van der Waals surface area contributed by atoms with Gasteiger partial charge >= 0.3 is 0 Å². The molecule has 1 saturated heterocycles. The number of nitrogens with zero attached hydrogens (tertiary/aromatic N) is 4. The maximum atomic E-state index is 12.4. The van der Waals surface area contributed by atoms with Gasteiger partial charge in [-0.1, -0.05) is 5.21 Å². The predicted octanol–water partition coefficient (Wildman–Crippen LogP) is -0.814. The van der Waals surface area contributed by atoms with E-state index in [-0.39, 0.29) is 17.1 Å². The minimum atomic E-state index is -3.50. The highest BCUT2D eigenvalue weighted by molar-refractivity contribution is 7.89. The molecular formula is C9H17N5O2S. The smallest absolute Gasteiger partial charge is 0.262 e. The lowest BCUT2D eigenvalue weighted by atomic mass is 10.1. The lowest BCUT2D eigenvalue weighted by Gasteiger charge is -2.37. The maximum Gasteiger partial charge on any atom is 0.262 e. The van der Waals surface area contributed by atoms with Crippen molar-refractivity contribution in [1.82, 2.24) is 24.6 Å². The average Bonchev–Trinajstić information content (AvgIpc) is 2.69. The molecule has 0 radical (unpaired) electrons. The first-order chi connectivity index (χ1) is 7.94. The SMILES string of the molecule is C[C@H]1NCCN(S(=O)(=O)c2cnnn2C)[C@H]1C. The van der Waals surface area contributed by atoms with Crippen molar-refractivity contribution in [2.75, 3.05) is 13.1 Å². The zero-order valence-corrected chi connectivity index (χ0v) is 11.0. The van der Waals surface area contributed by atoms with Gasteiger partial charge in [-0.25, -0.2) is 13.1 Å². The fourth-order valence-electron chi connectivity index (χ4n) is 2.00. The first-order valence-corrected chi connectivity index (χ1v) is 6.98. The Labute approximate surface area is 101 Å². The molecule has 0 aliphatic carbocycles. The summed E-state index contributed by atoms with van der Waals surface area (Å²) in [5.41, 5.74) is 0. The normalized spacial score (nSPS) is 27.2. The van der Waals surface area contributed by atoms with E-state index in [9.17, 15) is 8.42 Å². The van der Waals surface area contributed by atoms with Gasteiger partial charge in [-0.3, -0.25) is 0 Å². The molecule has 0 spiro atoms. The molecule has 2 rings (SSSR count). The van der Waals surface area contributed by atoms with Crippen molar-refractivity contribution in [2.45, 2.75) is 31.0 Å². The van der Waals surface area contributed by atoms with Gasteiger partial charge in [-0.05, 0) is 13.8 Å². The number of nitrogens with one attached hydrogen (secondary N) is 1. The Morgan fingerprint density at radius 2 is 2.18 bits per heavy atom. The lowest BCUT2D eigenvalue weighted by molar-refractivity contribution is 0.231. The Bertz CT molecular complexity index is 497. The van der Waals surface area contributed by atoms with Crippen LogP contribution < -0.4 is 5.32 Å². The molecule has 0 unspecified atom stereocenters. The Balaban J connectivity index is 2.36. The maximum absolute atomic E-state index is 12.4. The molecule has 2 atom stereocenters. The van der Waals surface area contributed by atoms with E-state index in [1.165, 1.54) is 15.2 Å². The van der Waals surface area contributed by atoms with Crippen LogP contribution in [-0.2, 0) is 17.1 Å². The summed E-state index contributed by atoms with van der Waals surface area (Å²) >= 11 is 0. The molecule has 2 heterocycles. The van der Waals surface area contributed by atoms with Gasteiger partial charge in [0.25, 0.3) is 10.0 Å². The molecule has 1 aliphatic heterocycles. The van der Waals surface area contributed by atoms with E-state index >= 15 is 0 Å². The molecule has 0 bridgehead atoms. The molecule has 1 aliphatic rings. The second-order valence-corrected chi connectivity index (χ2v) is 6.13. The third kappa shape index (κ3) is 2.07. The number of piperazine rings is 1. The van der Waals surface area contributed by atoms with Gasteiger partial charge in [0.15, 0.2) is 5.03 Å². The third-order valence-electron chi connectivity index (χ3n) is 3.22. The van der Waals surface area contributed by atoms with Gasteiger partial charge in [-0.15, -0.1) is 5.10 Å². The summed E-state index contributed by atoms with van der Waals surface area (Å²) in [4.78, 5) is 0. The van der Waals surface area contributed by atoms with Gasteiger partial charge in [0, 0.05) is 32.2 Å². The van der Waals surface area contributed by atoms with E-state index in [0.29, 0.717) is 13.1 Å². The summed E-state index contributed by atoms with van der Waals surface area (Å²) in [6.07, 6.45) is 1.29. The molecular weight excluding hydrogens is 242 g/mol. The molecule has 0 amide bonds. The van der Waals surface area contributed by atoms with Crippen LogP contribution in [0.1, 0.15) is 13.8 Å². The zero-order valence-electron chi connectivity index (χ0n) is 10.2. The van der Waals surface area contributed by atoms with Crippen molar-refractivity contribution in [1.29, 1.82) is 0 Å². The number of hydrogen-bond donors (Lipinski definition) is 1. The van der Waals surface area contributed by atoms with Gasteiger partial charge in [0.2, 0.25) is 0 Å². The van der Waals surface area contributed by atoms with Crippen molar-refractivity contribution in [3.8, 4) is 0 Å². The van der Waals surface area contributed by atoms with Crippen molar-refractivity contribution in [3.05, 3.63) is 6.20 Å². The molecule has 0 aromatic carbocycles. The van der Waals surface area contributed by atoms with Crippen LogP contribution in [0, 0.1) is 0 Å². The van der Waals surface area contributed by atoms with E-state index in [4.69, 9.17) is 0 Å². The number of aryl methyl sites for hydroxylation is 1.